The zero-order valence-electron chi connectivity index (χ0n) is 13.6. The van der Waals surface area contributed by atoms with Crippen LogP contribution in [0, 0.1) is 19.8 Å². The maximum atomic E-state index is 12.0. The Morgan fingerprint density at radius 2 is 1.95 bits per heavy atom. The third-order valence-corrected chi connectivity index (χ3v) is 4.64. The highest BCUT2D eigenvalue weighted by Gasteiger charge is 2.17. The molecule has 0 bridgehead atoms. The molecule has 1 aromatic rings. The average molecular weight is 288 g/mol. The van der Waals surface area contributed by atoms with Crippen LogP contribution in [0.15, 0.2) is 18.2 Å². The molecule has 1 saturated heterocycles. The van der Waals surface area contributed by atoms with Crippen molar-refractivity contribution in [2.24, 2.45) is 5.92 Å². The Balaban J connectivity index is 1.68. The molecule has 21 heavy (non-hydrogen) atoms. The molecule has 3 heteroatoms. The first-order valence-corrected chi connectivity index (χ1v) is 8.06. The molecule has 1 aliphatic rings. The van der Waals surface area contributed by atoms with Crippen molar-refractivity contribution in [3.8, 4) is 0 Å². The fraction of sp³-hybridized carbons (Fsp3) is 0.611. The zero-order valence-corrected chi connectivity index (χ0v) is 13.6. The second kappa shape index (κ2) is 7.60. The summed E-state index contributed by atoms with van der Waals surface area (Å²) in [6.07, 6.45) is 3.83. The molecule has 0 atom stereocenters. The lowest BCUT2D eigenvalue weighted by Crippen LogP contribution is -2.36. The molecule has 0 spiro atoms. The summed E-state index contributed by atoms with van der Waals surface area (Å²) < 4.78 is 0. The summed E-state index contributed by atoms with van der Waals surface area (Å²) in [6, 6.07) is 6.47. The number of likely N-dealkylation sites (tertiary alicyclic amines) is 1. The van der Waals surface area contributed by atoms with E-state index in [0.29, 0.717) is 12.3 Å². The number of benzene rings is 1. The van der Waals surface area contributed by atoms with Gasteiger partial charge >= 0.3 is 0 Å². The van der Waals surface area contributed by atoms with Crippen molar-refractivity contribution in [3.63, 3.8) is 0 Å². The molecule has 0 aliphatic carbocycles. The topological polar surface area (TPSA) is 32.3 Å². The smallest absolute Gasteiger partial charge is 0.220 e. The van der Waals surface area contributed by atoms with Crippen LogP contribution < -0.4 is 5.32 Å². The second-order valence-corrected chi connectivity index (χ2v) is 6.47. The van der Waals surface area contributed by atoms with Gasteiger partial charge in [0.2, 0.25) is 5.91 Å². The van der Waals surface area contributed by atoms with Crippen LogP contribution in [0.25, 0.3) is 0 Å². The SMILES string of the molecule is Cc1ccc(CCC(=O)NCC2CCN(C)CC2)cc1C. The van der Waals surface area contributed by atoms with Crippen molar-refractivity contribution in [2.75, 3.05) is 26.7 Å². The lowest BCUT2D eigenvalue weighted by molar-refractivity contribution is -0.121. The van der Waals surface area contributed by atoms with Crippen LogP contribution in [0.3, 0.4) is 0 Å². The number of amides is 1. The van der Waals surface area contributed by atoms with Gasteiger partial charge in [0.05, 0.1) is 0 Å². The van der Waals surface area contributed by atoms with Crippen LogP contribution in [0.5, 0.6) is 0 Å². The van der Waals surface area contributed by atoms with Gasteiger partial charge in [-0.2, -0.15) is 0 Å². The van der Waals surface area contributed by atoms with Crippen LogP contribution in [-0.4, -0.2) is 37.5 Å². The maximum Gasteiger partial charge on any atom is 0.220 e. The van der Waals surface area contributed by atoms with E-state index in [9.17, 15) is 4.79 Å². The average Bonchev–Trinajstić information content (AvgIpc) is 2.48. The van der Waals surface area contributed by atoms with E-state index in [1.165, 1.54) is 29.5 Å². The maximum absolute atomic E-state index is 12.0. The van der Waals surface area contributed by atoms with Crippen molar-refractivity contribution in [1.82, 2.24) is 10.2 Å². The summed E-state index contributed by atoms with van der Waals surface area (Å²) in [7, 11) is 2.17. The van der Waals surface area contributed by atoms with Gasteiger partial charge in [-0.3, -0.25) is 4.79 Å². The van der Waals surface area contributed by atoms with Gasteiger partial charge in [0.15, 0.2) is 0 Å². The van der Waals surface area contributed by atoms with Crippen LogP contribution in [0.2, 0.25) is 0 Å². The fourth-order valence-corrected chi connectivity index (χ4v) is 2.83. The first-order chi connectivity index (χ1) is 10.0. The highest BCUT2D eigenvalue weighted by atomic mass is 16.1. The Morgan fingerprint density at radius 1 is 1.24 bits per heavy atom. The number of nitrogens with one attached hydrogen (secondary N) is 1. The molecule has 3 nitrogen and oxygen atoms in total. The molecule has 0 saturated carbocycles. The minimum absolute atomic E-state index is 0.187. The number of nitrogens with zero attached hydrogens (tertiary/aromatic N) is 1. The summed E-state index contributed by atoms with van der Waals surface area (Å²) in [5.41, 5.74) is 3.87. The summed E-state index contributed by atoms with van der Waals surface area (Å²) in [5.74, 6) is 0.846. The summed E-state index contributed by atoms with van der Waals surface area (Å²) >= 11 is 0. The van der Waals surface area contributed by atoms with E-state index in [0.717, 1.165) is 26.1 Å². The van der Waals surface area contributed by atoms with Gasteiger partial charge in [-0.1, -0.05) is 18.2 Å². The number of rotatable bonds is 5. The van der Waals surface area contributed by atoms with E-state index in [1.54, 1.807) is 0 Å². The third-order valence-electron chi connectivity index (χ3n) is 4.64. The molecule has 0 unspecified atom stereocenters. The normalized spacial score (nSPS) is 16.9. The molecule has 2 rings (SSSR count). The monoisotopic (exact) mass is 288 g/mol. The van der Waals surface area contributed by atoms with Gasteiger partial charge < -0.3 is 10.2 Å². The number of hydrogen-bond donors (Lipinski definition) is 1. The minimum atomic E-state index is 0.187. The van der Waals surface area contributed by atoms with E-state index >= 15 is 0 Å². The lowest BCUT2D eigenvalue weighted by atomic mass is 9.97. The van der Waals surface area contributed by atoms with Crippen LogP contribution in [0.4, 0.5) is 0 Å². The molecule has 116 valence electrons. The Bertz CT molecular complexity index is 476. The molecular formula is C18H28N2O. The Hall–Kier alpha value is -1.35. The summed E-state index contributed by atoms with van der Waals surface area (Å²) in [5, 5.41) is 3.11. The van der Waals surface area contributed by atoms with Crippen molar-refractivity contribution < 1.29 is 4.79 Å². The van der Waals surface area contributed by atoms with Crippen molar-refractivity contribution in [1.29, 1.82) is 0 Å². The minimum Gasteiger partial charge on any atom is -0.356 e. The largest absolute Gasteiger partial charge is 0.356 e. The van der Waals surface area contributed by atoms with Gasteiger partial charge in [-0.25, -0.2) is 0 Å². The predicted molar refractivity (Wildman–Crippen MR) is 87.5 cm³/mol. The highest BCUT2D eigenvalue weighted by Crippen LogP contribution is 2.15. The molecule has 1 fully saturated rings. The van der Waals surface area contributed by atoms with Gasteiger partial charge in [0, 0.05) is 13.0 Å². The van der Waals surface area contributed by atoms with Crippen molar-refractivity contribution in [2.45, 2.75) is 39.5 Å². The van der Waals surface area contributed by atoms with Gasteiger partial charge in [-0.05, 0) is 75.9 Å². The number of aryl methyl sites for hydroxylation is 3. The van der Waals surface area contributed by atoms with E-state index < -0.39 is 0 Å². The number of piperidine rings is 1. The summed E-state index contributed by atoms with van der Waals surface area (Å²) in [6.45, 7) is 7.40. The first-order valence-electron chi connectivity index (χ1n) is 8.06. The van der Waals surface area contributed by atoms with E-state index in [2.05, 4.69) is 49.3 Å². The second-order valence-electron chi connectivity index (χ2n) is 6.47. The molecule has 0 radical (unpaired) electrons. The van der Waals surface area contributed by atoms with Crippen LogP contribution in [-0.2, 0) is 11.2 Å². The molecular weight excluding hydrogens is 260 g/mol. The number of carbonyl (C=O) groups is 1. The Kier molecular flexibility index (Phi) is 5.80. The highest BCUT2D eigenvalue weighted by molar-refractivity contribution is 5.76. The van der Waals surface area contributed by atoms with Crippen molar-refractivity contribution in [3.05, 3.63) is 34.9 Å². The molecule has 1 aromatic carbocycles. The molecule has 1 heterocycles. The Morgan fingerprint density at radius 3 is 2.62 bits per heavy atom. The van der Waals surface area contributed by atoms with Crippen molar-refractivity contribution >= 4 is 5.91 Å². The number of hydrogen-bond acceptors (Lipinski definition) is 2. The molecule has 0 aromatic heterocycles. The lowest BCUT2D eigenvalue weighted by Gasteiger charge is -2.28. The van der Waals surface area contributed by atoms with Gasteiger partial charge in [-0.15, -0.1) is 0 Å². The van der Waals surface area contributed by atoms with E-state index in [1.807, 2.05) is 0 Å². The predicted octanol–water partition coefficient (Wildman–Crippen LogP) is 2.69. The quantitative estimate of drug-likeness (QED) is 0.903. The summed E-state index contributed by atoms with van der Waals surface area (Å²) in [4.78, 5) is 14.3. The standard InChI is InChI=1S/C18H28N2O/c1-14-4-5-16(12-15(14)2)6-7-18(21)19-13-17-8-10-20(3)11-9-17/h4-5,12,17H,6-11,13H2,1-3H3,(H,19,21). The Labute approximate surface area is 128 Å². The molecule has 1 aliphatic heterocycles. The molecule has 1 N–H and O–H groups in total. The van der Waals surface area contributed by atoms with E-state index in [-0.39, 0.29) is 5.91 Å². The van der Waals surface area contributed by atoms with Crippen LogP contribution in [0.1, 0.15) is 36.0 Å². The first kappa shape index (κ1) is 16.0. The van der Waals surface area contributed by atoms with E-state index in [4.69, 9.17) is 0 Å². The zero-order chi connectivity index (χ0) is 15.2. The fourth-order valence-electron chi connectivity index (χ4n) is 2.83. The van der Waals surface area contributed by atoms with Gasteiger partial charge in [0.25, 0.3) is 0 Å². The number of carbonyl (C=O) groups excluding carboxylic acids is 1. The van der Waals surface area contributed by atoms with Crippen LogP contribution >= 0.6 is 0 Å². The van der Waals surface area contributed by atoms with Gasteiger partial charge in [0.1, 0.15) is 0 Å². The molecule has 1 amide bonds. The third kappa shape index (κ3) is 5.16.